The molecular formula is C19H22N4O. The van der Waals surface area contributed by atoms with E-state index in [0.717, 1.165) is 43.1 Å². The first-order chi connectivity index (χ1) is 11.8. The number of rotatable bonds is 4. The topological polar surface area (TPSA) is 55.7 Å². The number of nitrogens with one attached hydrogen (secondary N) is 1. The largest absolute Gasteiger partial charge is 0.374 e. The third-order valence-electron chi connectivity index (χ3n) is 4.68. The predicted octanol–water partition coefficient (Wildman–Crippen LogP) is 3.75. The standard InChI is InChI=1S/C19H22N4O/c1-14-11-21-19(22-14)17-4-2-16(3-5-17)18-10-15(6-9-24-18)12-23-8-7-20-13-23/h2-5,7-8,11,13,15,18H,6,9-10,12H2,1H3,(H,21,22). The molecule has 1 aromatic carbocycles. The molecule has 24 heavy (non-hydrogen) atoms. The molecule has 1 fully saturated rings. The molecule has 1 aliphatic rings. The number of hydrogen-bond donors (Lipinski definition) is 1. The Morgan fingerprint density at radius 3 is 2.88 bits per heavy atom. The van der Waals surface area contributed by atoms with Crippen LogP contribution in [0.25, 0.3) is 11.4 Å². The van der Waals surface area contributed by atoms with Gasteiger partial charge in [0.05, 0.1) is 12.4 Å². The molecule has 0 amide bonds. The zero-order valence-electron chi connectivity index (χ0n) is 13.9. The molecule has 5 nitrogen and oxygen atoms in total. The first-order valence-electron chi connectivity index (χ1n) is 8.47. The fourth-order valence-electron chi connectivity index (χ4n) is 3.37. The highest BCUT2D eigenvalue weighted by atomic mass is 16.5. The Labute approximate surface area is 141 Å². The third-order valence-corrected chi connectivity index (χ3v) is 4.68. The van der Waals surface area contributed by atoms with E-state index < -0.39 is 0 Å². The zero-order chi connectivity index (χ0) is 16.4. The zero-order valence-corrected chi connectivity index (χ0v) is 13.9. The van der Waals surface area contributed by atoms with E-state index in [-0.39, 0.29) is 6.10 Å². The molecule has 3 heterocycles. The van der Waals surface area contributed by atoms with E-state index in [2.05, 4.69) is 43.8 Å². The molecule has 0 radical (unpaired) electrons. The molecule has 4 rings (SSSR count). The van der Waals surface area contributed by atoms with Gasteiger partial charge in [-0.25, -0.2) is 9.97 Å². The highest BCUT2D eigenvalue weighted by Crippen LogP contribution is 2.33. The fourth-order valence-corrected chi connectivity index (χ4v) is 3.37. The van der Waals surface area contributed by atoms with Crippen molar-refractivity contribution in [3.63, 3.8) is 0 Å². The van der Waals surface area contributed by atoms with E-state index in [1.54, 1.807) is 0 Å². The molecule has 3 aromatic rings. The number of hydrogen-bond acceptors (Lipinski definition) is 3. The van der Waals surface area contributed by atoms with E-state index in [1.165, 1.54) is 5.56 Å². The summed E-state index contributed by atoms with van der Waals surface area (Å²) in [6, 6.07) is 8.57. The van der Waals surface area contributed by atoms with Gasteiger partial charge in [0.15, 0.2) is 0 Å². The van der Waals surface area contributed by atoms with Crippen LogP contribution in [0.5, 0.6) is 0 Å². The van der Waals surface area contributed by atoms with Crippen molar-refractivity contribution in [1.29, 1.82) is 0 Å². The molecule has 2 unspecified atom stereocenters. The maximum Gasteiger partial charge on any atom is 0.137 e. The number of aromatic amines is 1. The van der Waals surface area contributed by atoms with Crippen molar-refractivity contribution < 1.29 is 4.74 Å². The minimum atomic E-state index is 0.180. The van der Waals surface area contributed by atoms with Gasteiger partial charge in [0.1, 0.15) is 5.82 Å². The summed E-state index contributed by atoms with van der Waals surface area (Å²) in [5, 5.41) is 0. The van der Waals surface area contributed by atoms with Crippen LogP contribution in [0.1, 0.15) is 30.2 Å². The van der Waals surface area contributed by atoms with Gasteiger partial charge in [-0.2, -0.15) is 0 Å². The van der Waals surface area contributed by atoms with Gasteiger partial charge in [0.25, 0.3) is 0 Å². The number of benzene rings is 1. The van der Waals surface area contributed by atoms with Gasteiger partial charge in [-0.15, -0.1) is 0 Å². The molecular weight excluding hydrogens is 300 g/mol. The Hall–Kier alpha value is -2.40. The van der Waals surface area contributed by atoms with Crippen LogP contribution in [0, 0.1) is 12.8 Å². The molecule has 0 bridgehead atoms. The van der Waals surface area contributed by atoms with Crippen LogP contribution in [0.15, 0.2) is 49.2 Å². The molecule has 2 atom stereocenters. The molecule has 1 aliphatic heterocycles. The number of nitrogens with zero attached hydrogens (tertiary/aromatic N) is 3. The number of aryl methyl sites for hydroxylation is 1. The van der Waals surface area contributed by atoms with Crippen molar-refractivity contribution >= 4 is 0 Å². The van der Waals surface area contributed by atoms with E-state index >= 15 is 0 Å². The maximum atomic E-state index is 6.01. The maximum absolute atomic E-state index is 6.01. The number of imidazole rings is 2. The molecule has 0 aliphatic carbocycles. The Balaban J connectivity index is 1.45. The SMILES string of the molecule is Cc1cnc(-c2ccc(C3CC(Cn4ccnc4)CCO3)cc2)[nH]1. The van der Waals surface area contributed by atoms with Crippen LogP contribution in [0.3, 0.4) is 0 Å². The lowest BCUT2D eigenvalue weighted by atomic mass is 9.91. The first kappa shape index (κ1) is 15.1. The number of ether oxygens (including phenoxy) is 1. The smallest absolute Gasteiger partial charge is 0.137 e. The molecule has 1 N–H and O–H groups in total. The summed E-state index contributed by atoms with van der Waals surface area (Å²) >= 11 is 0. The van der Waals surface area contributed by atoms with Gasteiger partial charge < -0.3 is 14.3 Å². The van der Waals surface area contributed by atoms with Crippen molar-refractivity contribution in [3.05, 3.63) is 60.4 Å². The Morgan fingerprint density at radius 1 is 1.29 bits per heavy atom. The van der Waals surface area contributed by atoms with Crippen LogP contribution in [0.2, 0.25) is 0 Å². The fraction of sp³-hybridized carbons (Fsp3) is 0.368. The molecule has 2 aromatic heterocycles. The predicted molar refractivity (Wildman–Crippen MR) is 92.4 cm³/mol. The monoisotopic (exact) mass is 322 g/mol. The van der Waals surface area contributed by atoms with Crippen LogP contribution >= 0.6 is 0 Å². The van der Waals surface area contributed by atoms with E-state index in [4.69, 9.17) is 4.74 Å². The highest BCUT2D eigenvalue weighted by molar-refractivity contribution is 5.55. The average molecular weight is 322 g/mol. The molecule has 0 saturated carbocycles. The second kappa shape index (κ2) is 6.61. The Morgan fingerprint density at radius 2 is 2.17 bits per heavy atom. The normalized spacial score (nSPS) is 21.0. The Kier molecular flexibility index (Phi) is 4.17. The summed E-state index contributed by atoms with van der Waals surface area (Å²) in [7, 11) is 0. The minimum absolute atomic E-state index is 0.180. The minimum Gasteiger partial charge on any atom is -0.374 e. The molecule has 0 spiro atoms. The van der Waals surface area contributed by atoms with Crippen molar-refractivity contribution in [2.45, 2.75) is 32.4 Å². The molecule has 5 heteroatoms. The summed E-state index contributed by atoms with van der Waals surface area (Å²) in [6.45, 7) is 3.86. The van der Waals surface area contributed by atoms with Crippen LogP contribution in [-0.2, 0) is 11.3 Å². The van der Waals surface area contributed by atoms with Crippen molar-refractivity contribution in [1.82, 2.24) is 19.5 Å². The van der Waals surface area contributed by atoms with E-state index in [1.807, 2.05) is 31.8 Å². The lowest BCUT2D eigenvalue weighted by Gasteiger charge is -2.30. The van der Waals surface area contributed by atoms with Gasteiger partial charge in [0.2, 0.25) is 0 Å². The highest BCUT2D eigenvalue weighted by Gasteiger charge is 2.24. The van der Waals surface area contributed by atoms with Gasteiger partial charge in [-0.05, 0) is 31.2 Å². The molecule has 124 valence electrons. The van der Waals surface area contributed by atoms with Gasteiger partial charge in [-0.1, -0.05) is 24.3 Å². The quantitative estimate of drug-likeness (QED) is 0.796. The third kappa shape index (κ3) is 3.26. The summed E-state index contributed by atoms with van der Waals surface area (Å²) in [5.74, 6) is 1.55. The summed E-state index contributed by atoms with van der Waals surface area (Å²) < 4.78 is 8.18. The first-order valence-corrected chi connectivity index (χ1v) is 8.47. The van der Waals surface area contributed by atoms with Gasteiger partial charge in [-0.3, -0.25) is 0 Å². The van der Waals surface area contributed by atoms with Crippen molar-refractivity contribution in [2.24, 2.45) is 5.92 Å². The van der Waals surface area contributed by atoms with E-state index in [0.29, 0.717) is 5.92 Å². The second-order valence-electron chi connectivity index (χ2n) is 6.55. The Bertz CT molecular complexity index is 776. The van der Waals surface area contributed by atoms with Gasteiger partial charge in [0, 0.05) is 43.0 Å². The summed E-state index contributed by atoms with van der Waals surface area (Å²) in [5.41, 5.74) is 3.43. The van der Waals surface area contributed by atoms with E-state index in [9.17, 15) is 0 Å². The average Bonchev–Trinajstić information content (AvgIpc) is 3.27. The lowest BCUT2D eigenvalue weighted by molar-refractivity contribution is -0.0138. The van der Waals surface area contributed by atoms with Crippen LogP contribution < -0.4 is 0 Å². The summed E-state index contributed by atoms with van der Waals surface area (Å²) in [6.07, 6.45) is 9.96. The summed E-state index contributed by atoms with van der Waals surface area (Å²) in [4.78, 5) is 11.8. The number of aromatic nitrogens is 4. The van der Waals surface area contributed by atoms with Crippen molar-refractivity contribution in [3.8, 4) is 11.4 Å². The van der Waals surface area contributed by atoms with Crippen LogP contribution in [0.4, 0.5) is 0 Å². The lowest BCUT2D eigenvalue weighted by Crippen LogP contribution is -2.23. The van der Waals surface area contributed by atoms with Crippen molar-refractivity contribution in [2.75, 3.05) is 6.61 Å². The number of H-pyrrole nitrogens is 1. The molecule has 1 saturated heterocycles. The van der Waals surface area contributed by atoms with Crippen LogP contribution in [-0.4, -0.2) is 26.1 Å². The second-order valence-corrected chi connectivity index (χ2v) is 6.55. The van der Waals surface area contributed by atoms with Gasteiger partial charge >= 0.3 is 0 Å².